The molecule has 0 saturated heterocycles. The standard InChI is InChI=1S/C16H17N5O2/c1-12-19-16(23-20-12)14-5-3-13(4-6-14)15(22)18-7-2-9-21-10-8-17-11-21/h3-6,8,10-11H,2,7,9H2,1H3,(H,18,22). The molecule has 1 aromatic carbocycles. The molecular weight excluding hydrogens is 294 g/mol. The van der Waals surface area contributed by atoms with Crippen LogP contribution in [0.3, 0.4) is 0 Å². The van der Waals surface area contributed by atoms with Crippen molar-refractivity contribution >= 4 is 5.91 Å². The maximum Gasteiger partial charge on any atom is 0.257 e. The van der Waals surface area contributed by atoms with Crippen molar-refractivity contribution in [2.45, 2.75) is 19.9 Å². The van der Waals surface area contributed by atoms with Gasteiger partial charge in [0.15, 0.2) is 5.82 Å². The Morgan fingerprint density at radius 2 is 2.13 bits per heavy atom. The zero-order valence-electron chi connectivity index (χ0n) is 12.8. The van der Waals surface area contributed by atoms with Gasteiger partial charge in [0.2, 0.25) is 0 Å². The van der Waals surface area contributed by atoms with Gasteiger partial charge < -0.3 is 14.4 Å². The topological polar surface area (TPSA) is 85.8 Å². The highest BCUT2D eigenvalue weighted by Gasteiger charge is 2.08. The van der Waals surface area contributed by atoms with Crippen molar-refractivity contribution in [2.24, 2.45) is 0 Å². The molecule has 0 aliphatic rings. The molecule has 0 saturated carbocycles. The van der Waals surface area contributed by atoms with Gasteiger partial charge in [-0.2, -0.15) is 4.98 Å². The third-order valence-electron chi connectivity index (χ3n) is 3.36. The second-order valence-corrected chi connectivity index (χ2v) is 5.13. The molecule has 3 aromatic rings. The minimum absolute atomic E-state index is 0.0936. The molecule has 0 unspecified atom stereocenters. The van der Waals surface area contributed by atoms with E-state index >= 15 is 0 Å². The maximum absolute atomic E-state index is 12.1. The fraction of sp³-hybridized carbons (Fsp3) is 0.250. The summed E-state index contributed by atoms with van der Waals surface area (Å²) in [6, 6.07) is 7.10. The molecule has 0 spiro atoms. The molecule has 0 radical (unpaired) electrons. The van der Waals surface area contributed by atoms with E-state index in [1.807, 2.05) is 10.8 Å². The van der Waals surface area contributed by atoms with Crippen LogP contribution in [0.25, 0.3) is 11.5 Å². The Kier molecular flexibility index (Phi) is 4.46. The zero-order chi connectivity index (χ0) is 16.1. The summed E-state index contributed by atoms with van der Waals surface area (Å²) >= 11 is 0. The highest BCUT2D eigenvalue weighted by atomic mass is 16.5. The van der Waals surface area contributed by atoms with Crippen molar-refractivity contribution in [2.75, 3.05) is 6.54 Å². The Labute approximate surface area is 133 Å². The van der Waals surface area contributed by atoms with E-state index in [2.05, 4.69) is 20.4 Å². The van der Waals surface area contributed by atoms with Gasteiger partial charge in [-0.25, -0.2) is 4.98 Å². The summed E-state index contributed by atoms with van der Waals surface area (Å²) < 4.78 is 7.08. The summed E-state index contributed by atoms with van der Waals surface area (Å²) in [4.78, 5) is 20.2. The van der Waals surface area contributed by atoms with Crippen LogP contribution in [0.15, 0.2) is 47.5 Å². The van der Waals surface area contributed by atoms with Gasteiger partial charge in [-0.05, 0) is 37.6 Å². The first-order valence-corrected chi connectivity index (χ1v) is 7.37. The average Bonchev–Trinajstić information content (AvgIpc) is 3.23. The van der Waals surface area contributed by atoms with Crippen LogP contribution in [-0.2, 0) is 6.54 Å². The largest absolute Gasteiger partial charge is 0.352 e. The molecule has 118 valence electrons. The summed E-state index contributed by atoms with van der Waals surface area (Å²) in [5.74, 6) is 0.943. The van der Waals surface area contributed by atoms with Gasteiger partial charge in [-0.3, -0.25) is 4.79 Å². The summed E-state index contributed by atoms with van der Waals surface area (Å²) in [6.07, 6.45) is 6.26. The van der Waals surface area contributed by atoms with E-state index in [1.165, 1.54) is 0 Å². The number of hydrogen-bond acceptors (Lipinski definition) is 5. The number of imidazole rings is 1. The van der Waals surface area contributed by atoms with E-state index < -0.39 is 0 Å². The molecule has 1 amide bonds. The lowest BCUT2D eigenvalue weighted by Gasteiger charge is -2.06. The second-order valence-electron chi connectivity index (χ2n) is 5.13. The van der Waals surface area contributed by atoms with Crippen LogP contribution in [-0.4, -0.2) is 32.1 Å². The van der Waals surface area contributed by atoms with Crippen molar-refractivity contribution in [3.63, 3.8) is 0 Å². The number of nitrogens with one attached hydrogen (secondary N) is 1. The SMILES string of the molecule is Cc1noc(-c2ccc(C(=O)NCCCn3ccnc3)cc2)n1. The molecule has 7 nitrogen and oxygen atoms in total. The number of nitrogens with zero attached hydrogens (tertiary/aromatic N) is 4. The Morgan fingerprint density at radius 1 is 1.30 bits per heavy atom. The third kappa shape index (κ3) is 3.82. The number of carbonyl (C=O) groups excluding carboxylic acids is 1. The van der Waals surface area contributed by atoms with Crippen LogP contribution < -0.4 is 5.32 Å². The molecule has 23 heavy (non-hydrogen) atoms. The minimum atomic E-state index is -0.0936. The lowest BCUT2D eigenvalue weighted by Crippen LogP contribution is -2.25. The summed E-state index contributed by atoms with van der Waals surface area (Å²) in [5.41, 5.74) is 1.40. The summed E-state index contributed by atoms with van der Waals surface area (Å²) in [5, 5.41) is 6.65. The van der Waals surface area contributed by atoms with Crippen LogP contribution in [0, 0.1) is 6.92 Å². The monoisotopic (exact) mass is 311 g/mol. The molecule has 0 atom stereocenters. The van der Waals surface area contributed by atoms with Crippen molar-refractivity contribution in [1.82, 2.24) is 25.0 Å². The Bertz CT molecular complexity index is 762. The number of benzene rings is 1. The molecular formula is C16H17N5O2. The molecule has 2 aromatic heterocycles. The minimum Gasteiger partial charge on any atom is -0.352 e. The van der Waals surface area contributed by atoms with Gasteiger partial charge in [0.1, 0.15) is 0 Å². The van der Waals surface area contributed by atoms with E-state index in [0.717, 1.165) is 18.5 Å². The Balaban J connectivity index is 1.51. The van der Waals surface area contributed by atoms with E-state index in [0.29, 0.717) is 23.8 Å². The van der Waals surface area contributed by atoms with Gasteiger partial charge in [0, 0.05) is 36.6 Å². The number of hydrogen-bond donors (Lipinski definition) is 1. The molecule has 0 fully saturated rings. The van der Waals surface area contributed by atoms with Gasteiger partial charge in [0.05, 0.1) is 6.33 Å². The Morgan fingerprint density at radius 3 is 2.78 bits per heavy atom. The summed E-state index contributed by atoms with van der Waals surface area (Å²) in [6.45, 7) is 3.20. The molecule has 0 aliphatic carbocycles. The van der Waals surface area contributed by atoms with Crippen LogP contribution in [0.2, 0.25) is 0 Å². The summed E-state index contributed by atoms with van der Waals surface area (Å²) in [7, 11) is 0. The van der Waals surface area contributed by atoms with Crippen molar-refractivity contribution in [3.05, 3.63) is 54.4 Å². The normalized spacial score (nSPS) is 10.7. The van der Waals surface area contributed by atoms with Crippen LogP contribution in [0.5, 0.6) is 0 Å². The average molecular weight is 311 g/mol. The van der Waals surface area contributed by atoms with Gasteiger partial charge >= 0.3 is 0 Å². The molecule has 0 bridgehead atoms. The first kappa shape index (κ1) is 15.0. The first-order valence-electron chi connectivity index (χ1n) is 7.37. The van der Waals surface area contributed by atoms with Gasteiger partial charge in [0.25, 0.3) is 11.8 Å². The molecule has 2 heterocycles. The van der Waals surface area contributed by atoms with Crippen molar-refractivity contribution < 1.29 is 9.32 Å². The van der Waals surface area contributed by atoms with Gasteiger partial charge in [-0.15, -0.1) is 0 Å². The molecule has 1 N–H and O–H groups in total. The quantitative estimate of drug-likeness (QED) is 0.704. The predicted octanol–water partition coefficient (Wildman–Crippen LogP) is 2.06. The van der Waals surface area contributed by atoms with E-state index in [9.17, 15) is 4.79 Å². The lowest BCUT2D eigenvalue weighted by molar-refractivity contribution is 0.0952. The van der Waals surface area contributed by atoms with E-state index in [-0.39, 0.29) is 5.91 Å². The van der Waals surface area contributed by atoms with Crippen molar-refractivity contribution in [1.29, 1.82) is 0 Å². The lowest BCUT2D eigenvalue weighted by atomic mass is 10.1. The number of amides is 1. The smallest absolute Gasteiger partial charge is 0.257 e. The third-order valence-corrected chi connectivity index (χ3v) is 3.36. The Hall–Kier alpha value is -2.96. The molecule has 0 aliphatic heterocycles. The van der Waals surface area contributed by atoms with E-state index in [1.54, 1.807) is 43.7 Å². The highest BCUT2D eigenvalue weighted by molar-refractivity contribution is 5.94. The number of carbonyl (C=O) groups is 1. The van der Waals surface area contributed by atoms with Gasteiger partial charge in [-0.1, -0.05) is 5.16 Å². The zero-order valence-corrected chi connectivity index (χ0v) is 12.8. The fourth-order valence-electron chi connectivity index (χ4n) is 2.16. The number of aromatic nitrogens is 4. The van der Waals surface area contributed by atoms with Crippen molar-refractivity contribution in [3.8, 4) is 11.5 Å². The molecule has 3 rings (SSSR count). The number of rotatable bonds is 6. The second kappa shape index (κ2) is 6.87. The number of aryl methyl sites for hydroxylation is 2. The van der Waals surface area contributed by atoms with Crippen LogP contribution in [0.4, 0.5) is 0 Å². The van der Waals surface area contributed by atoms with Crippen LogP contribution in [0.1, 0.15) is 22.6 Å². The maximum atomic E-state index is 12.1. The molecule has 7 heteroatoms. The first-order chi connectivity index (χ1) is 11.2. The highest BCUT2D eigenvalue weighted by Crippen LogP contribution is 2.17. The fourth-order valence-corrected chi connectivity index (χ4v) is 2.16. The van der Waals surface area contributed by atoms with Crippen LogP contribution >= 0.6 is 0 Å². The van der Waals surface area contributed by atoms with E-state index in [4.69, 9.17) is 4.52 Å². The predicted molar refractivity (Wildman–Crippen MR) is 83.6 cm³/mol.